The average Bonchev–Trinajstić information content (AvgIpc) is 2.35. The summed E-state index contributed by atoms with van der Waals surface area (Å²) in [6.07, 6.45) is 1.99. The Hall–Kier alpha value is -0.110. The van der Waals surface area contributed by atoms with Crippen LogP contribution in [0.1, 0.15) is 23.2 Å². The van der Waals surface area contributed by atoms with Crippen LogP contribution < -0.4 is 10.6 Å². The van der Waals surface area contributed by atoms with Crippen LogP contribution in [0.3, 0.4) is 0 Å². The first kappa shape index (κ1) is 16.9. The minimum Gasteiger partial charge on any atom is -0.348 e. The molecule has 0 aliphatic carbocycles. The molecule has 1 unspecified atom stereocenters. The molecule has 2 N–H and O–H groups in total. The molecule has 1 aliphatic heterocycles. The fraction of sp³-hybridized carbons (Fsp3) is 0.417. The zero-order chi connectivity index (χ0) is 13.1. The summed E-state index contributed by atoms with van der Waals surface area (Å²) in [6.45, 7) is 1.75. The van der Waals surface area contributed by atoms with Crippen molar-refractivity contribution in [1.82, 2.24) is 10.6 Å². The first-order valence-electron chi connectivity index (χ1n) is 5.74. The molecular weight excluding hydrogens is 405 g/mol. The van der Waals surface area contributed by atoms with Gasteiger partial charge in [0.25, 0.3) is 5.91 Å². The summed E-state index contributed by atoms with van der Waals surface area (Å²) in [5, 5.41) is 6.28. The smallest absolute Gasteiger partial charge is 0.253 e. The van der Waals surface area contributed by atoms with E-state index in [2.05, 4.69) is 10.6 Å². The van der Waals surface area contributed by atoms with E-state index in [1.54, 1.807) is 0 Å². The largest absolute Gasteiger partial charge is 0.348 e. The highest BCUT2D eigenvalue weighted by molar-refractivity contribution is 14.1. The fourth-order valence-electron chi connectivity index (χ4n) is 1.93. The number of nitrogens with one attached hydrogen (secondary N) is 2. The lowest BCUT2D eigenvalue weighted by Gasteiger charge is -2.24. The lowest BCUT2D eigenvalue weighted by Crippen LogP contribution is -2.45. The maximum atomic E-state index is 13.2. The van der Waals surface area contributed by atoms with Gasteiger partial charge in [0.15, 0.2) is 0 Å². The number of carbonyl (C=O) groups is 1. The average molecular weight is 419 g/mol. The fourth-order valence-corrected chi connectivity index (χ4v) is 2.64. The molecule has 1 heterocycles. The molecule has 1 saturated heterocycles. The molecule has 3 nitrogen and oxygen atoms in total. The predicted molar refractivity (Wildman–Crippen MR) is 84.7 cm³/mol. The van der Waals surface area contributed by atoms with Gasteiger partial charge in [0.2, 0.25) is 0 Å². The van der Waals surface area contributed by atoms with Gasteiger partial charge in [0.05, 0.1) is 10.6 Å². The van der Waals surface area contributed by atoms with Crippen molar-refractivity contribution in [2.75, 3.05) is 13.1 Å². The van der Waals surface area contributed by atoms with Crippen molar-refractivity contribution in [3.05, 3.63) is 32.1 Å². The van der Waals surface area contributed by atoms with Crippen molar-refractivity contribution in [1.29, 1.82) is 0 Å². The van der Waals surface area contributed by atoms with Crippen LogP contribution in [-0.4, -0.2) is 25.0 Å². The molecule has 1 amide bonds. The van der Waals surface area contributed by atoms with E-state index >= 15 is 0 Å². The number of hydrogen-bond donors (Lipinski definition) is 2. The van der Waals surface area contributed by atoms with Crippen LogP contribution in [0, 0.1) is 9.39 Å². The molecule has 1 aromatic carbocycles. The van der Waals surface area contributed by atoms with E-state index in [1.165, 1.54) is 12.1 Å². The molecule has 106 valence electrons. The zero-order valence-corrected chi connectivity index (χ0v) is 13.7. The topological polar surface area (TPSA) is 41.1 Å². The highest BCUT2D eigenvalue weighted by Gasteiger charge is 2.19. The Bertz CT molecular complexity index is 467. The summed E-state index contributed by atoms with van der Waals surface area (Å²) in [5.41, 5.74) is 0.327. The number of hydrogen-bond acceptors (Lipinski definition) is 2. The molecule has 0 aromatic heterocycles. The highest BCUT2D eigenvalue weighted by atomic mass is 127. The van der Waals surface area contributed by atoms with Gasteiger partial charge in [-0.3, -0.25) is 4.79 Å². The molecule has 7 heteroatoms. The molecule has 0 spiro atoms. The van der Waals surface area contributed by atoms with Crippen LogP contribution in [0.2, 0.25) is 5.02 Å². The van der Waals surface area contributed by atoms with Crippen LogP contribution in [0.5, 0.6) is 0 Å². The van der Waals surface area contributed by atoms with Crippen molar-refractivity contribution in [2.45, 2.75) is 18.9 Å². The van der Waals surface area contributed by atoms with Gasteiger partial charge in [-0.15, -0.1) is 12.4 Å². The van der Waals surface area contributed by atoms with Gasteiger partial charge in [-0.2, -0.15) is 0 Å². The first-order chi connectivity index (χ1) is 8.58. The Morgan fingerprint density at radius 2 is 2.26 bits per heavy atom. The molecule has 1 fully saturated rings. The summed E-state index contributed by atoms with van der Waals surface area (Å²) < 4.78 is 13.6. The van der Waals surface area contributed by atoms with Crippen LogP contribution in [-0.2, 0) is 0 Å². The number of amides is 1. The van der Waals surface area contributed by atoms with E-state index in [1.807, 2.05) is 22.6 Å². The first-order valence-corrected chi connectivity index (χ1v) is 7.19. The van der Waals surface area contributed by atoms with Crippen LogP contribution in [0.25, 0.3) is 0 Å². The van der Waals surface area contributed by atoms with Crippen LogP contribution in [0.4, 0.5) is 4.39 Å². The lowest BCUT2D eigenvalue weighted by molar-refractivity contribution is 0.0930. The summed E-state index contributed by atoms with van der Waals surface area (Å²) in [6, 6.07) is 2.77. The van der Waals surface area contributed by atoms with Crippen molar-refractivity contribution in [3.8, 4) is 0 Å². The monoisotopic (exact) mass is 418 g/mol. The van der Waals surface area contributed by atoms with Crippen LogP contribution >= 0.6 is 46.6 Å². The molecule has 0 saturated carbocycles. The summed E-state index contributed by atoms with van der Waals surface area (Å²) >= 11 is 7.74. The summed E-state index contributed by atoms with van der Waals surface area (Å²) in [5.74, 6) is -0.650. The van der Waals surface area contributed by atoms with Crippen molar-refractivity contribution < 1.29 is 9.18 Å². The Balaban J connectivity index is 0.00000180. The third kappa shape index (κ3) is 4.44. The van der Waals surface area contributed by atoms with Crippen molar-refractivity contribution >= 4 is 52.5 Å². The highest BCUT2D eigenvalue weighted by Crippen LogP contribution is 2.22. The summed E-state index contributed by atoms with van der Waals surface area (Å²) in [7, 11) is 0. The SMILES string of the molecule is Cl.O=C(NC1CCCNC1)c1cc(I)c(F)cc1Cl. The quantitative estimate of drug-likeness (QED) is 0.572. The van der Waals surface area contributed by atoms with E-state index < -0.39 is 5.82 Å². The molecule has 1 aromatic rings. The second-order valence-electron chi connectivity index (χ2n) is 4.26. The molecule has 19 heavy (non-hydrogen) atoms. The van der Waals surface area contributed by atoms with Gasteiger partial charge in [-0.05, 0) is 54.1 Å². The standard InChI is InChI=1S/C12H13ClFIN2O.ClH/c13-9-5-10(14)11(15)4-8(9)12(18)17-7-2-1-3-16-6-7;/h4-5,7,16H,1-3,6H2,(H,17,18);1H. The van der Waals surface area contributed by atoms with E-state index in [4.69, 9.17) is 11.6 Å². The molecule has 0 radical (unpaired) electrons. The third-order valence-corrected chi connectivity index (χ3v) is 4.03. The number of rotatable bonds is 2. The second-order valence-corrected chi connectivity index (χ2v) is 5.83. The van der Waals surface area contributed by atoms with Gasteiger partial charge >= 0.3 is 0 Å². The van der Waals surface area contributed by atoms with Crippen molar-refractivity contribution in [2.24, 2.45) is 0 Å². The minimum absolute atomic E-state index is 0. The normalized spacial score (nSPS) is 18.6. The van der Waals surface area contributed by atoms with Gasteiger partial charge in [-0.1, -0.05) is 11.6 Å². The maximum Gasteiger partial charge on any atom is 0.253 e. The predicted octanol–water partition coefficient (Wildman–Crippen LogP) is 2.99. The molecule has 1 atom stereocenters. The van der Waals surface area contributed by atoms with Crippen LogP contribution in [0.15, 0.2) is 12.1 Å². The van der Waals surface area contributed by atoms with Crippen molar-refractivity contribution in [3.63, 3.8) is 0 Å². The molecular formula is C12H14Cl2FIN2O. The Kier molecular flexibility index (Phi) is 6.79. The number of halogens is 4. The van der Waals surface area contributed by atoms with E-state index in [-0.39, 0.29) is 29.4 Å². The number of carbonyl (C=O) groups excluding carboxylic acids is 1. The molecule has 2 rings (SSSR count). The number of benzene rings is 1. The molecule has 0 bridgehead atoms. The molecule has 1 aliphatic rings. The third-order valence-electron chi connectivity index (χ3n) is 2.89. The van der Waals surface area contributed by atoms with E-state index in [9.17, 15) is 9.18 Å². The van der Waals surface area contributed by atoms with Gasteiger partial charge < -0.3 is 10.6 Å². The Labute approximate surface area is 136 Å². The minimum atomic E-state index is -0.406. The zero-order valence-electron chi connectivity index (χ0n) is 10.0. The van der Waals surface area contributed by atoms with Gasteiger partial charge in [-0.25, -0.2) is 4.39 Å². The second kappa shape index (κ2) is 7.61. The van der Waals surface area contributed by atoms with Gasteiger partial charge in [0.1, 0.15) is 5.82 Å². The van der Waals surface area contributed by atoms with Gasteiger partial charge in [0, 0.05) is 16.2 Å². The Morgan fingerprint density at radius 3 is 2.89 bits per heavy atom. The maximum absolute atomic E-state index is 13.2. The van der Waals surface area contributed by atoms with E-state index in [0.717, 1.165) is 25.9 Å². The summed E-state index contributed by atoms with van der Waals surface area (Å²) in [4.78, 5) is 12.0. The lowest BCUT2D eigenvalue weighted by atomic mass is 10.1. The van der Waals surface area contributed by atoms with E-state index in [0.29, 0.717) is 9.13 Å². The number of piperidine rings is 1. The Morgan fingerprint density at radius 1 is 1.53 bits per heavy atom.